The lowest BCUT2D eigenvalue weighted by Crippen LogP contribution is -2.26. The van der Waals surface area contributed by atoms with Gasteiger partial charge in [0.15, 0.2) is 0 Å². The zero-order chi connectivity index (χ0) is 15.5. The molecule has 1 heterocycles. The number of hydrogen-bond acceptors (Lipinski definition) is 4. The Balaban J connectivity index is 2.07. The fourth-order valence-corrected chi connectivity index (χ4v) is 4.36. The van der Waals surface area contributed by atoms with Crippen LogP contribution in [0.25, 0.3) is 0 Å². The van der Waals surface area contributed by atoms with Crippen molar-refractivity contribution >= 4 is 37.3 Å². The summed E-state index contributed by atoms with van der Waals surface area (Å²) in [6, 6.07) is 7.31. The fourth-order valence-electron chi connectivity index (χ4n) is 1.72. The van der Waals surface area contributed by atoms with Gasteiger partial charge in [-0.15, -0.1) is 11.3 Å². The van der Waals surface area contributed by atoms with E-state index < -0.39 is 20.7 Å². The Labute approximate surface area is 134 Å². The Morgan fingerprint density at radius 3 is 2.67 bits per heavy atom. The van der Waals surface area contributed by atoms with Crippen LogP contribution < -0.4 is 4.72 Å². The van der Waals surface area contributed by atoms with Crippen LogP contribution in [0.15, 0.2) is 39.0 Å². The predicted molar refractivity (Wildman–Crippen MR) is 83.2 cm³/mol. The predicted octanol–water partition coefficient (Wildman–Crippen LogP) is 2.66. The highest BCUT2D eigenvalue weighted by atomic mass is 79.9. The zero-order valence-corrected chi connectivity index (χ0v) is 14.1. The number of sulfonamides is 1. The van der Waals surface area contributed by atoms with Gasteiger partial charge in [0.25, 0.3) is 0 Å². The molecule has 0 aliphatic carbocycles. The molecule has 1 aromatic heterocycles. The molecule has 0 bridgehead atoms. The molecule has 0 aliphatic rings. The van der Waals surface area contributed by atoms with Crippen molar-refractivity contribution in [3.8, 4) is 0 Å². The maximum absolute atomic E-state index is 13.7. The van der Waals surface area contributed by atoms with Gasteiger partial charge in [0, 0.05) is 11.4 Å². The molecule has 114 valence electrons. The van der Waals surface area contributed by atoms with E-state index in [1.807, 2.05) is 12.1 Å². The molecule has 2 rings (SSSR count). The van der Waals surface area contributed by atoms with Crippen LogP contribution in [0, 0.1) is 5.82 Å². The van der Waals surface area contributed by atoms with Crippen LogP contribution in [0.2, 0.25) is 0 Å². The largest absolute Gasteiger partial charge is 0.392 e. The van der Waals surface area contributed by atoms with E-state index in [0.29, 0.717) is 12.0 Å². The van der Waals surface area contributed by atoms with Crippen LogP contribution >= 0.6 is 27.3 Å². The van der Waals surface area contributed by atoms with Gasteiger partial charge in [-0.25, -0.2) is 17.5 Å². The van der Waals surface area contributed by atoms with E-state index in [-0.39, 0.29) is 13.2 Å². The average molecular weight is 394 g/mol. The van der Waals surface area contributed by atoms with Gasteiger partial charge in [0.1, 0.15) is 10.7 Å². The van der Waals surface area contributed by atoms with Crippen molar-refractivity contribution in [1.82, 2.24) is 4.72 Å². The summed E-state index contributed by atoms with van der Waals surface area (Å²) in [5.74, 6) is -0.835. The molecule has 0 saturated heterocycles. The smallest absolute Gasteiger partial charge is 0.243 e. The Morgan fingerprint density at radius 1 is 1.29 bits per heavy atom. The second kappa shape index (κ2) is 6.97. The summed E-state index contributed by atoms with van der Waals surface area (Å²) >= 11 is 4.85. The fraction of sp³-hybridized carbons (Fsp3) is 0.231. The maximum atomic E-state index is 13.7. The minimum absolute atomic E-state index is 0.179. The Kier molecular flexibility index (Phi) is 5.50. The molecule has 0 atom stereocenters. The van der Waals surface area contributed by atoms with Gasteiger partial charge in [-0.3, -0.25) is 0 Å². The summed E-state index contributed by atoms with van der Waals surface area (Å²) in [6.07, 6.45) is 0.525. The molecule has 4 nitrogen and oxygen atoms in total. The first-order valence-corrected chi connectivity index (χ1v) is 9.15. The molecular weight excluding hydrogens is 381 g/mol. The lowest BCUT2D eigenvalue weighted by molar-refractivity contribution is 0.281. The summed E-state index contributed by atoms with van der Waals surface area (Å²) in [5, 5.41) is 9.00. The van der Waals surface area contributed by atoms with E-state index in [1.165, 1.54) is 17.4 Å². The van der Waals surface area contributed by atoms with E-state index in [1.54, 1.807) is 0 Å². The second-order valence-electron chi connectivity index (χ2n) is 4.28. The number of aliphatic hydroxyl groups excluding tert-OH is 1. The number of thiophene rings is 1. The molecule has 0 aliphatic heterocycles. The average Bonchev–Trinajstić information content (AvgIpc) is 2.84. The van der Waals surface area contributed by atoms with Crippen LogP contribution in [0.3, 0.4) is 0 Å². The summed E-state index contributed by atoms with van der Waals surface area (Å²) in [7, 11) is -3.93. The molecule has 0 fully saturated rings. The van der Waals surface area contributed by atoms with E-state index >= 15 is 0 Å². The molecule has 0 amide bonds. The first kappa shape index (κ1) is 16.6. The minimum atomic E-state index is -3.93. The number of aliphatic hydroxyl groups is 1. The van der Waals surface area contributed by atoms with Crippen LogP contribution in [0.4, 0.5) is 4.39 Å². The van der Waals surface area contributed by atoms with E-state index in [9.17, 15) is 12.8 Å². The van der Waals surface area contributed by atoms with Crippen LogP contribution in [-0.2, 0) is 23.1 Å². The SMILES string of the molecule is O=S(=O)(NCCc1ccc(Br)s1)c1cc(CO)ccc1F. The van der Waals surface area contributed by atoms with E-state index in [4.69, 9.17) is 5.11 Å². The summed E-state index contributed by atoms with van der Waals surface area (Å²) in [4.78, 5) is 0.579. The lowest BCUT2D eigenvalue weighted by Gasteiger charge is -2.08. The Morgan fingerprint density at radius 2 is 2.05 bits per heavy atom. The lowest BCUT2D eigenvalue weighted by atomic mass is 10.2. The van der Waals surface area contributed by atoms with Gasteiger partial charge in [0.2, 0.25) is 10.0 Å². The van der Waals surface area contributed by atoms with Crippen molar-refractivity contribution in [2.45, 2.75) is 17.9 Å². The standard InChI is InChI=1S/C13H13BrFNO3S2/c14-13-4-2-10(20-13)5-6-16-21(18,19)12-7-9(8-17)1-3-11(12)15/h1-4,7,16-17H,5-6,8H2. The first-order valence-electron chi connectivity index (χ1n) is 6.05. The second-order valence-corrected chi connectivity index (χ2v) is 8.56. The summed E-state index contributed by atoms with van der Waals surface area (Å²) in [5.41, 5.74) is 0.346. The van der Waals surface area contributed by atoms with Crippen molar-refractivity contribution in [2.75, 3.05) is 6.54 Å². The Bertz CT molecular complexity index is 731. The summed E-state index contributed by atoms with van der Waals surface area (Å²) in [6.45, 7) is -0.163. The first-order chi connectivity index (χ1) is 9.92. The van der Waals surface area contributed by atoms with E-state index in [0.717, 1.165) is 20.8 Å². The topological polar surface area (TPSA) is 66.4 Å². The highest BCUT2D eigenvalue weighted by molar-refractivity contribution is 9.11. The van der Waals surface area contributed by atoms with Gasteiger partial charge in [0.05, 0.1) is 10.4 Å². The monoisotopic (exact) mass is 393 g/mol. The normalized spacial score (nSPS) is 11.8. The van der Waals surface area contributed by atoms with Gasteiger partial charge in [-0.05, 0) is 52.2 Å². The molecule has 21 heavy (non-hydrogen) atoms. The molecule has 1 aromatic carbocycles. The summed E-state index contributed by atoms with van der Waals surface area (Å²) < 4.78 is 41.1. The molecule has 0 spiro atoms. The highest BCUT2D eigenvalue weighted by Gasteiger charge is 2.19. The van der Waals surface area contributed by atoms with E-state index in [2.05, 4.69) is 20.7 Å². The molecule has 2 aromatic rings. The zero-order valence-electron chi connectivity index (χ0n) is 10.8. The minimum Gasteiger partial charge on any atom is -0.392 e. The van der Waals surface area contributed by atoms with Crippen molar-refractivity contribution < 1.29 is 17.9 Å². The van der Waals surface area contributed by atoms with Crippen LogP contribution in [-0.4, -0.2) is 20.1 Å². The maximum Gasteiger partial charge on any atom is 0.243 e. The van der Waals surface area contributed by atoms with Gasteiger partial charge in [-0.1, -0.05) is 6.07 Å². The molecule has 2 N–H and O–H groups in total. The quantitative estimate of drug-likeness (QED) is 0.792. The number of nitrogens with one attached hydrogen (secondary N) is 1. The number of rotatable bonds is 6. The third-order valence-electron chi connectivity index (χ3n) is 2.76. The van der Waals surface area contributed by atoms with Crippen LogP contribution in [0.5, 0.6) is 0 Å². The van der Waals surface area contributed by atoms with Crippen molar-refractivity contribution in [1.29, 1.82) is 0 Å². The molecular formula is C13H13BrFNO3S2. The Hall–Kier alpha value is -0.800. The number of benzene rings is 1. The van der Waals surface area contributed by atoms with Crippen molar-refractivity contribution in [3.63, 3.8) is 0 Å². The number of halogens is 2. The third-order valence-corrected chi connectivity index (χ3v) is 5.92. The number of hydrogen-bond donors (Lipinski definition) is 2. The molecule has 0 saturated carbocycles. The molecule has 0 radical (unpaired) electrons. The van der Waals surface area contributed by atoms with Crippen LogP contribution in [0.1, 0.15) is 10.4 Å². The van der Waals surface area contributed by atoms with Crippen molar-refractivity contribution in [2.24, 2.45) is 0 Å². The third kappa shape index (κ3) is 4.33. The van der Waals surface area contributed by atoms with Gasteiger partial charge < -0.3 is 5.11 Å². The van der Waals surface area contributed by atoms with Gasteiger partial charge >= 0.3 is 0 Å². The molecule has 0 unspecified atom stereocenters. The van der Waals surface area contributed by atoms with Crippen molar-refractivity contribution in [3.05, 3.63) is 50.4 Å². The molecule has 8 heteroatoms. The highest BCUT2D eigenvalue weighted by Crippen LogP contribution is 2.22. The van der Waals surface area contributed by atoms with Gasteiger partial charge in [-0.2, -0.15) is 0 Å².